The fourth-order valence-electron chi connectivity index (χ4n) is 2.30. The molecule has 0 spiro atoms. The maximum atomic E-state index is 11.4. The summed E-state index contributed by atoms with van der Waals surface area (Å²) in [4.78, 5) is 19.0. The van der Waals surface area contributed by atoms with Gasteiger partial charge < -0.3 is 15.6 Å². The Hall–Kier alpha value is -1.66. The van der Waals surface area contributed by atoms with Crippen molar-refractivity contribution in [3.8, 4) is 11.3 Å². The second kappa shape index (κ2) is 4.79. The van der Waals surface area contributed by atoms with E-state index in [1.54, 1.807) is 0 Å². The zero-order chi connectivity index (χ0) is 13.4. The van der Waals surface area contributed by atoms with Crippen LogP contribution in [-0.4, -0.2) is 22.9 Å². The summed E-state index contributed by atoms with van der Waals surface area (Å²) < 4.78 is 0.711. The summed E-state index contributed by atoms with van der Waals surface area (Å²) in [6.07, 6.45) is 0.441. The van der Waals surface area contributed by atoms with Gasteiger partial charge >= 0.3 is 0 Å². The molecule has 0 atom stereocenters. The molecule has 3 rings (SSSR count). The number of aromatic nitrogens is 2. The molecule has 1 aromatic carbocycles. The van der Waals surface area contributed by atoms with Crippen molar-refractivity contribution in [2.24, 2.45) is 0 Å². The Labute approximate surface area is 119 Å². The van der Waals surface area contributed by atoms with Crippen LogP contribution in [0.4, 0.5) is 5.69 Å². The highest BCUT2D eigenvalue weighted by molar-refractivity contribution is 9.10. The van der Waals surface area contributed by atoms with E-state index in [1.165, 1.54) is 0 Å². The Morgan fingerprint density at radius 1 is 1.47 bits per heavy atom. The molecule has 2 aromatic rings. The van der Waals surface area contributed by atoms with Gasteiger partial charge in [0.2, 0.25) is 5.91 Å². The van der Waals surface area contributed by atoms with Crippen molar-refractivity contribution in [3.63, 3.8) is 0 Å². The monoisotopic (exact) mass is 320 g/mol. The number of hydrogen-bond donors (Lipinski definition) is 3. The fourth-order valence-corrected chi connectivity index (χ4v) is 2.71. The van der Waals surface area contributed by atoms with Crippen molar-refractivity contribution >= 4 is 27.5 Å². The van der Waals surface area contributed by atoms with Crippen LogP contribution in [0, 0.1) is 0 Å². The van der Waals surface area contributed by atoms with Crippen LogP contribution in [0.1, 0.15) is 11.3 Å². The van der Waals surface area contributed by atoms with Crippen LogP contribution in [0.5, 0.6) is 0 Å². The normalized spacial score (nSPS) is 13.5. The highest BCUT2D eigenvalue weighted by Gasteiger charge is 2.19. The number of nitrogens with zero attached hydrogens (tertiary/aromatic N) is 1. The summed E-state index contributed by atoms with van der Waals surface area (Å²) in [5.74, 6) is 0.0470. The Morgan fingerprint density at radius 2 is 2.32 bits per heavy atom. The van der Waals surface area contributed by atoms with Crippen molar-refractivity contribution < 1.29 is 4.79 Å². The van der Waals surface area contributed by atoms with E-state index in [0.29, 0.717) is 17.7 Å². The van der Waals surface area contributed by atoms with Gasteiger partial charge in [-0.15, -0.1) is 0 Å². The standard InChI is InChI=1S/C13H13BrN4O/c1-15-6-10-12(18-13(14)17-10)7-2-3-9-8(4-7)5-11(19)16-9/h2-4,15H,5-6H2,1H3,(H,16,19)(H,17,18). The van der Waals surface area contributed by atoms with Crippen molar-refractivity contribution in [1.82, 2.24) is 15.3 Å². The first-order valence-electron chi connectivity index (χ1n) is 5.99. The Morgan fingerprint density at radius 3 is 3.11 bits per heavy atom. The summed E-state index contributed by atoms with van der Waals surface area (Å²) in [7, 11) is 1.89. The highest BCUT2D eigenvalue weighted by Crippen LogP contribution is 2.30. The van der Waals surface area contributed by atoms with Gasteiger partial charge in [-0.05, 0) is 40.7 Å². The molecule has 0 saturated heterocycles. The molecule has 0 radical (unpaired) electrons. The minimum atomic E-state index is 0.0470. The first-order valence-corrected chi connectivity index (χ1v) is 6.79. The number of carbonyl (C=O) groups excluding carboxylic acids is 1. The van der Waals surface area contributed by atoms with E-state index in [0.717, 1.165) is 28.2 Å². The summed E-state index contributed by atoms with van der Waals surface area (Å²) >= 11 is 3.36. The van der Waals surface area contributed by atoms with Crippen molar-refractivity contribution in [1.29, 1.82) is 0 Å². The van der Waals surface area contributed by atoms with Gasteiger partial charge in [0.1, 0.15) is 0 Å². The smallest absolute Gasteiger partial charge is 0.228 e. The molecule has 2 heterocycles. The lowest BCUT2D eigenvalue weighted by atomic mass is 10.0. The SMILES string of the molecule is CNCc1[nH]c(Br)nc1-c1ccc2c(c1)CC(=O)N2. The molecule has 1 amide bonds. The third-order valence-electron chi connectivity index (χ3n) is 3.11. The maximum Gasteiger partial charge on any atom is 0.228 e. The van der Waals surface area contributed by atoms with Crippen molar-refractivity contribution in [3.05, 3.63) is 34.2 Å². The number of imidazole rings is 1. The lowest BCUT2D eigenvalue weighted by Crippen LogP contribution is -2.06. The van der Waals surface area contributed by atoms with Gasteiger partial charge in [0.15, 0.2) is 4.73 Å². The summed E-state index contributed by atoms with van der Waals surface area (Å²) in [6.45, 7) is 0.711. The van der Waals surface area contributed by atoms with Crippen molar-refractivity contribution in [2.75, 3.05) is 12.4 Å². The number of rotatable bonds is 3. The lowest BCUT2D eigenvalue weighted by molar-refractivity contribution is -0.115. The second-order valence-corrected chi connectivity index (χ2v) is 5.23. The van der Waals surface area contributed by atoms with E-state index in [2.05, 4.69) is 36.5 Å². The zero-order valence-corrected chi connectivity index (χ0v) is 12.0. The minimum absolute atomic E-state index is 0.0470. The summed E-state index contributed by atoms with van der Waals surface area (Å²) in [5.41, 5.74) is 4.87. The van der Waals surface area contributed by atoms with E-state index >= 15 is 0 Å². The van der Waals surface area contributed by atoms with Crippen LogP contribution in [0.2, 0.25) is 0 Å². The van der Waals surface area contributed by atoms with Crippen LogP contribution < -0.4 is 10.6 Å². The number of carbonyl (C=O) groups is 1. The zero-order valence-electron chi connectivity index (χ0n) is 10.4. The Kier molecular flexibility index (Phi) is 3.12. The van der Waals surface area contributed by atoms with Gasteiger partial charge in [-0.3, -0.25) is 4.79 Å². The molecule has 5 nitrogen and oxygen atoms in total. The highest BCUT2D eigenvalue weighted by atomic mass is 79.9. The van der Waals surface area contributed by atoms with E-state index in [1.807, 2.05) is 25.2 Å². The molecule has 0 bridgehead atoms. The largest absolute Gasteiger partial charge is 0.335 e. The average molecular weight is 321 g/mol. The van der Waals surface area contributed by atoms with Gasteiger partial charge in [-0.25, -0.2) is 4.98 Å². The van der Waals surface area contributed by atoms with Gasteiger partial charge in [-0.2, -0.15) is 0 Å². The first kappa shape index (κ1) is 12.4. The second-order valence-electron chi connectivity index (χ2n) is 4.48. The van der Waals surface area contributed by atoms with E-state index < -0.39 is 0 Å². The van der Waals surface area contributed by atoms with Gasteiger partial charge in [0.05, 0.1) is 17.8 Å². The predicted molar refractivity (Wildman–Crippen MR) is 76.8 cm³/mol. The average Bonchev–Trinajstić information content (AvgIpc) is 2.90. The summed E-state index contributed by atoms with van der Waals surface area (Å²) in [6, 6.07) is 5.93. The molecular formula is C13H13BrN4O. The maximum absolute atomic E-state index is 11.4. The molecule has 0 fully saturated rings. The van der Waals surface area contributed by atoms with Crippen LogP contribution in [-0.2, 0) is 17.8 Å². The molecule has 0 unspecified atom stereocenters. The topological polar surface area (TPSA) is 69.8 Å². The third-order valence-corrected chi connectivity index (χ3v) is 3.48. The molecule has 1 aliphatic rings. The molecule has 1 aromatic heterocycles. The van der Waals surface area contributed by atoms with Crippen LogP contribution in [0.15, 0.2) is 22.9 Å². The molecule has 0 saturated carbocycles. The number of benzene rings is 1. The lowest BCUT2D eigenvalue weighted by Gasteiger charge is -2.04. The Balaban J connectivity index is 2.03. The van der Waals surface area contributed by atoms with E-state index in [4.69, 9.17) is 0 Å². The quantitative estimate of drug-likeness (QED) is 0.810. The van der Waals surface area contributed by atoms with Crippen LogP contribution in [0.3, 0.4) is 0 Å². The summed E-state index contributed by atoms with van der Waals surface area (Å²) in [5, 5.41) is 5.94. The van der Waals surface area contributed by atoms with Crippen molar-refractivity contribution in [2.45, 2.75) is 13.0 Å². The molecule has 19 heavy (non-hydrogen) atoms. The molecule has 0 aliphatic carbocycles. The number of nitrogens with one attached hydrogen (secondary N) is 3. The van der Waals surface area contributed by atoms with Gasteiger partial charge in [0, 0.05) is 17.8 Å². The number of H-pyrrole nitrogens is 1. The molecule has 6 heteroatoms. The number of halogens is 1. The molecule has 98 valence electrons. The van der Waals surface area contributed by atoms with Crippen LogP contribution in [0.25, 0.3) is 11.3 Å². The Bertz CT molecular complexity index is 650. The number of aromatic amines is 1. The minimum Gasteiger partial charge on any atom is -0.335 e. The molecule has 3 N–H and O–H groups in total. The third kappa shape index (κ3) is 2.29. The number of amides is 1. The fraction of sp³-hybridized carbons (Fsp3) is 0.231. The van der Waals surface area contributed by atoms with E-state index in [9.17, 15) is 4.79 Å². The number of fused-ring (bicyclic) bond motifs is 1. The first-order chi connectivity index (χ1) is 9.17. The number of hydrogen-bond acceptors (Lipinski definition) is 3. The van der Waals surface area contributed by atoms with Crippen LogP contribution >= 0.6 is 15.9 Å². The molecular weight excluding hydrogens is 308 g/mol. The molecule has 1 aliphatic heterocycles. The van der Waals surface area contributed by atoms with E-state index in [-0.39, 0.29) is 5.91 Å². The number of anilines is 1. The van der Waals surface area contributed by atoms with Gasteiger partial charge in [-0.1, -0.05) is 6.07 Å². The van der Waals surface area contributed by atoms with Gasteiger partial charge in [0.25, 0.3) is 0 Å². The predicted octanol–water partition coefficient (Wildman–Crippen LogP) is 2.05.